The Kier molecular flexibility index (Phi) is 3.28. The molecule has 0 spiro atoms. The molecule has 0 unspecified atom stereocenters. The average molecular weight is 241 g/mol. The van der Waals surface area contributed by atoms with Crippen molar-refractivity contribution < 1.29 is 4.74 Å². The molecule has 92 valence electrons. The first-order valence-corrected chi connectivity index (χ1v) is 5.61. The summed E-state index contributed by atoms with van der Waals surface area (Å²) in [6.45, 7) is 4.05. The van der Waals surface area contributed by atoms with Gasteiger partial charge in [0.05, 0.1) is 6.20 Å². The molecule has 1 aromatic carbocycles. The standard InChI is InChI=1S/C14H15N3O/c1-9-5-10(2)7-12(6-9)18-11-3-4-13(14(15)16)17-8-11/h3-8H,1-2H3,(H3,15,16). The Morgan fingerprint density at radius 1 is 1.11 bits per heavy atom. The van der Waals surface area contributed by atoms with Crippen LogP contribution in [0.5, 0.6) is 11.5 Å². The fourth-order valence-corrected chi connectivity index (χ4v) is 1.73. The molecule has 1 aromatic heterocycles. The fraction of sp³-hybridized carbons (Fsp3) is 0.143. The molecule has 0 saturated heterocycles. The first kappa shape index (κ1) is 12.1. The molecule has 0 atom stereocenters. The van der Waals surface area contributed by atoms with Crippen molar-refractivity contribution in [2.45, 2.75) is 13.8 Å². The van der Waals surface area contributed by atoms with Crippen molar-refractivity contribution in [1.29, 1.82) is 5.41 Å². The van der Waals surface area contributed by atoms with Gasteiger partial charge in [-0.3, -0.25) is 5.41 Å². The Morgan fingerprint density at radius 2 is 1.78 bits per heavy atom. The number of hydrogen-bond acceptors (Lipinski definition) is 3. The van der Waals surface area contributed by atoms with E-state index in [-0.39, 0.29) is 5.84 Å². The Balaban J connectivity index is 2.20. The van der Waals surface area contributed by atoms with Crippen LogP contribution in [0, 0.1) is 19.3 Å². The van der Waals surface area contributed by atoms with E-state index in [0.29, 0.717) is 11.4 Å². The van der Waals surface area contributed by atoms with Crippen LogP contribution in [-0.4, -0.2) is 10.8 Å². The normalized spacial score (nSPS) is 10.1. The predicted octanol–water partition coefficient (Wildman–Crippen LogP) is 2.77. The Labute approximate surface area is 106 Å². The summed E-state index contributed by atoms with van der Waals surface area (Å²) in [4.78, 5) is 4.04. The Hall–Kier alpha value is -2.36. The van der Waals surface area contributed by atoms with Gasteiger partial charge in [0.25, 0.3) is 0 Å². The molecule has 0 radical (unpaired) electrons. The third kappa shape index (κ3) is 2.85. The van der Waals surface area contributed by atoms with Crippen LogP contribution in [0.15, 0.2) is 36.5 Å². The molecule has 1 heterocycles. The van der Waals surface area contributed by atoms with Crippen molar-refractivity contribution in [1.82, 2.24) is 4.98 Å². The first-order chi connectivity index (χ1) is 8.54. The monoisotopic (exact) mass is 241 g/mol. The van der Waals surface area contributed by atoms with Crippen molar-refractivity contribution >= 4 is 5.84 Å². The number of nitrogens with two attached hydrogens (primary N) is 1. The van der Waals surface area contributed by atoms with Gasteiger partial charge in [0.15, 0.2) is 0 Å². The largest absolute Gasteiger partial charge is 0.456 e. The second-order valence-electron chi connectivity index (χ2n) is 4.22. The van der Waals surface area contributed by atoms with Crippen molar-refractivity contribution in [2.24, 2.45) is 5.73 Å². The summed E-state index contributed by atoms with van der Waals surface area (Å²) >= 11 is 0. The molecular formula is C14H15N3O. The van der Waals surface area contributed by atoms with E-state index in [4.69, 9.17) is 15.9 Å². The molecule has 2 rings (SSSR count). The zero-order chi connectivity index (χ0) is 13.1. The minimum absolute atomic E-state index is 0.0482. The molecule has 0 fully saturated rings. The maximum Gasteiger partial charge on any atom is 0.145 e. The highest BCUT2D eigenvalue weighted by Crippen LogP contribution is 2.23. The van der Waals surface area contributed by atoms with Gasteiger partial charge in [0, 0.05) is 0 Å². The lowest BCUT2D eigenvalue weighted by molar-refractivity contribution is 0.479. The van der Waals surface area contributed by atoms with Crippen molar-refractivity contribution in [3.05, 3.63) is 53.3 Å². The predicted molar refractivity (Wildman–Crippen MR) is 71.2 cm³/mol. The van der Waals surface area contributed by atoms with Crippen LogP contribution >= 0.6 is 0 Å². The summed E-state index contributed by atoms with van der Waals surface area (Å²) in [6.07, 6.45) is 1.56. The second-order valence-corrected chi connectivity index (χ2v) is 4.22. The van der Waals surface area contributed by atoms with Crippen molar-refractivity contribution in [2.75, 3.05) is 0 Å². The highest BCUT2D eigenvalue weighted by atomic mass is 16.5. The quantitative estimate of drug-likeness (QED) is 0.641. The number of hydrogen-bond donors (Lipinski definition) is 2. The van der Waals surface area contributed by atoms with Crippen LogP contribution in [0.25, 0.3) is 0 Å². The molecule has 0 aliphatic heterocycles. The molecule has 2 aromatic rings. The van der Waals surface area contributed by atoms with E-state index in [1.54, 1.807) is 18.3 Å². The van der Waals surface area contributed by atoms with Crippen LogP contribution in [-0.2, 0) is 0 Å². The number of nitrogens with zero attached hydrogens (tertiary/aromatic N) is 1. The minimum Gasteiger partial charge on any atom is -0.456 e. The van der Waals surface area contributed by atoms with E-state index < -0.39 is 0 Å². The van der Waals surface area contributed by atoms with Crippen LogP contribution in [0.4, 0.5) is 0 Å². The lowest BCUT2D eigenvalue weighted by Gasteiger charge is -2.07. The fourth-order valence-electron chi connectivity index (χ4n) is 1.73. The SMILES string of the molecule is Cc1cc(C)cc(Oc2ccc(C(=N)N)nc2)c1. The first-order valence-electron chi connectivity index (χ1n) is 5.61. The molecule has 4 heteroatoms. The number of aryl methyl sites for hydroxylation is 2. The summed E-state index contributed by atoms with van der Waals surface area (Å²) in [5.41, 5.74) is 8.09. The van der Waals surface area contributed by atoms with Gasteiger partial charge in [-0.2, -0.15) is 0 Å². The Morgan fingerprint density at radius 3 is 2.28 bits per heavy atom. The van der Waals surface area contributed by atoms with E-state index in [0.717, 1.165) is 16.9 Å². The van der Waals surface area contributed by atoms with E-state index >= 15 is 0 Å². The molecule has 0 saturated carbocycles. The lowest BCUT2D eigenvalue weighted by atomic mass is 10.1. The maximum absolute atomic E-state index is 7.26. The Bertz CT molecular complexity index is 556. The number of nitrogen functional groups attached to an aromatic ring is 1. The highest BCUT2D eigenvalue weighted by Gasteiger charge is 2.02. The molecule has 4 nitrogen and oxygen atoms in total. The molecular weight excluding hydrogens is 226 g/mol. The number of amidine groups is 1. The van der Waals surface area contributed by atoms with Gasteiger partial charge in [-0.15, -0.1) is 0 Å². The van der Waals surface area contributed by atoms with Crippen LogP contribution in [0.2, 0.25) is 0 Å². The summed E-state index contributed by atoms with van der Waals surface area (Å²) in [6, 6.07) is 9.43. The topological polar surface area (TPSA) is 72.0 Å². The van der Waals surface area contributed by atoms with Gasteiger partial charge < -0.3 is 10.5 Å². The molecule has 0 aliphatic rings. The van der Waals surface area contributed by atoms with Crippen LogP contribution in [0.3, 0.4) is 0 Å². The van der Waals surface area contributed by atoms with Gasteiger partial charge in [-0.1, -0.05) is 6.07 Å². The molecule has 0 bridgehead atoms. The van der Waals surface area contributed by atoms with Gasteiger partial charge in [-0.25, -0.2) is 4.98 Å². The van der Waals surface area contributed by atoms with Gasteiger partial charge >= 0.3 is 0 Å². The molecule has 0 aliphatic carbocycles. The van der Waals surface area contributed by atoms with E-state index in [2.05, 4.69) is 11.1 Å². The highest BCUT2D eigenvalue weighted by molar-refractivity contribution is 5.92. The zero-order valence-electron chi connectivity index (χ0n) is 10.4. The van der Waals surface area contributed by atoms with Crippen LogP contribution in [0.1, 0.15) is 16.8 Å². The number of benzene rings is 1. The number of aromatic nitrogens is 1. The maximum atomic E-state index is 7.26. The summed E-state index contributed by atoms with van der Waals surface area (Å²) in [7, 11) is 0. The van der Waals surface area contributed by atoms with Gasteiger partial charge in [0.2, 0.25) is 0 Å². The zero-order valence-corrected chi connectivity index (χ0v) is 10.4. The van der Waals surface area contributed by atoms with Gasteiger partial charge in [-0.05, 0) is 49.2 Å². The van der Waals surface area contributed by atoms with Crippen molar-refractivity contribution in [3.63, 3.8) is 0 Å². The smallest absolute Gasteiger partial charge is 0.145 e. The summed E-state index contributed by atoms with van der Waals surface area (Å²) in [5, 5.41) is 7.26. The molecule has 18 heavy (non-hydrogen) atoms. The number of nitrogens with one attached hydrogen (secondary N) is 1. The van der Waals surface area contributed by atoms with Crippen molar-refractivity contribution in [3.8, 4) is 11.5 Å². The molecule has 3 N–H and O–H groups in total. The lowest BCUT2D eigenvalue weighted by Crippen LogP contribution is -2.12. The number of rotatable bonds is 3. The second kappa shape index (κ2) is 4.87. The van der Waals surface area contributed by atoms with Gasteiger partial charge in [0.1, 0.15) is 23.0 Å². The van der Waals surface area contributed by atoms with Crippen LogP contribution < -0.4 is 10.5 Å². The average Bonchev–Trinajstić information content (AvgIpc) is 2.28. The van der Waals surface area contributed by atoms with E-state index in [9.17, 15) is 0 Å². The van der Waals surface area contributed by atoms with E-state index in [1.165, 1.54) is 0 Å². The third-order valence-corrected chi connectivity index (χ3v) is 2.44. The third-order valence-electron chi connectivity index (χ3n) is 2.44. The van der Waals surface area contributed by atoms with E-state index in [1.807, 2.05) is 26.0 Å². The summed E-state index contributed by atoms with van der Waals surface area (Å²) in [5.74, 6) is 1.36. The molecule has 0 amide bonds. The number of pyridine rings is 1. The number of ether oxygens (including phenoxy) is 1. The minimum atomic E-state index is -0.0482. The summed E-state index contributed by atoms with van der Waals surface area (Å²) < 4.78 is 5.70.